The lowest BCUT2D eigenvalue weighted by Gasteiger charge is -2.39. The van der Waals surface area contributed by atoms with E-state index >= 15 is 0 Å². The summed E-state index contributed by atoms with van der Waals surface area (Å²) in [6.45, 7) is 7.30. The van der Waals surface area contributed by atoms with E-state index < -0.39 is 0 Å². The Balaban J connectivity index is 1.62. The number of piperazine rings is 1. The van der Waals surface area contributed by atoms with Crippen LogP contribution in [0.5, 0.6) is 5.75 Å². The largest absolute Gasteiger partial charge is 0.495 e. The number of rotatable bonds is 5. The van der Waals surface area contributed by atoms with Crippen molar-refractivity contribution in [3.05, 3.63) is 52.0 Å². The van der Waals surface area contributed by atoms with Gasteiger partial charge in [-0.15, -0.1) is 0 Å². The number of benzene rings is 2. The van der Waals surface area contributed by atoms with E-state index in [9.17, 15) is 4.79 Å². The van der Waals surface area contributed by atoms with Crippen molar-refractivity contribution in [1.82, 2.24) is 4.90 Å². The zero-order valence-corrected chi connectivity index (χ0v) is 17.8. The summed E-state index contributed by atoms with van der Waals surface area (Å²) < 4.78 is 5.31. The van der Waals surface area contributed by atoms with Crippen molar-refractivity contribution in [2.24, 2.45) is 0 Å². The fourth-order valence-corrected chi connectivity index (χ4v) is 3.79. The monoisotopic (exact) mass is 421 g/mol. The molecule has 1 fully saturated rings. The van der Waals surface area contributed by atoms with E-state index in [2.05, 4.69) is 22.0 Å². The summed E-state index contributed by atoms with van der Waals surface area (Å²) in [5, 5.41) is 4.23. The van der Waals surface area contributed by atoms with Gasteiger partial charge in [0.25, 0.3) is 0 Å². The highest BCUT2D eigenvalue weighted by Crippen LogP contribution is 2.28. The molecule has 0 unspecified atom stereocenters. The number of nitrogens with one attached hydrogen (secondary N) is 1. The Bertz CT molecular complexity index is 852. The third-order valence-electron chi connectivity index (χ3n) is 5.17. The van der Waals surface area contributed by atoms with Gasteiger partial charge in [0.15, 0.2) is 0 Å². The van der Waals surface area contributed by atoms with Crippen molar-refractivity contribution in [2.45, 2.75) is 19.9 Å². The Hall–Kier alpha value is -1.95. The quantitative estimate of drug-likeness (QED) is 0.773. The second-order valence-electron chi connectivity index (χ2n) is 6.96. The average Bonchev–Trinajstić information content (AvgIpc) is 2.69. The van der Waals surface area contributed by atoms with Gasteiger partial charge in [-0.1, -0.05) is 29.3 Å². The minimum absolute atomic E-state index is 0.0760. The molecule has 1 N–H and O–H groups in total. The van der Waals surface area contributed by atoms with Crippen molar-refractivity contribution in [3.8, 4) is 5.75 Å². The van der Waals surface area contributed by atoms with Crippen molar-refractivity contribution in [1.29, 1.82) is 0 Å². The van der Waals surface area contributed by atoms with Gasteiger partial charge in [0, 0.05) is 41.9 Å². The lowest BCUT2D eigenvalue weighted by Crippen LogP contribution is -2.53. The van der Waals surface area contributed by atoms with Gasteiger partial charge in [0.05, 0.1) is 18.8 Å². The van der Waals surface area contributed by atoms with E-state index in [0.29, 0.717) is 16.5 Å². The van der Waals surface area contributed by atoms with Gasteiger partial charge < -0.3 is 15.0 Å². The number of carbonyl (C=O) groups is 1. The van der Waals surface area contributed by atoms with Gasteiger partial charge in [-0.2, -0.15) is 0 Å². The van der Waals surface area contributed by atoms with E-state index in [0.717, 1.165) is 36.9 Å². The minimum Gasteiger partial charge on any atom is -0.495 e. The SMILES string of the molecule is COc1ccc(Cl)cc1NC(=O)[C@@H](C)N1CCN(c2cc(Cl)ccc2C)CC1. The Morgan fingerprint density at radius 1 is 1.07 bits per heavy atom. The molecule has 1 aliphatic rings. The molecule has 3 rings (SSSR count). The molecule has 1 aliphatic heterocycles. The molecule has 0 bridgehead atoms. The Labute approximate surface area is 176 Å². The van der Waals surface area contributed by atoms with Gasteiger partial charge >= 0.3 is 0 Å². The third-order valence-corrected chi connectivity index (χ3v) is 5.64. The summed E-state index contributed by atoms with van der Waals surface area (Å²) >= 11 is 12.2. The van der Waals surface area contributed by atoms with Crippen molar-refractivity contribution >= 4 is 40.5 Å². The number of halogens is 2. The number of hydrogen-bond donors (Lipinski definition) is 1. The first kappa shape index (κ1) is 20.8. The maximum absolute atomic E-state index is 12.8. The maximum Gasteiger partial charge on any atom is 0.241 e. The highest BCUT2D eigenvalue weighted by Gasteiger charge is 2.26. The number of methoxy groups -OCH3 is 1. The maximum atomic E-state index is 12.8. The number of hydrogen-bond acceptors (Lipinski definition) is 4. The summed E-state index contributed by atoms with van der Waals surface area (Å²) in [4.78, 5) is 17.3. The molecule has 5 nitrogen and oxygen atoms in total. The zero-order valence-electron chi connectivity index (χ0n) is 16.3. The van der Waals surface area contributed by atoms with Crippen LogP contribution in [0.3, 0.4) is 0 Å². The van der Waals surface area contributed by atoms with Crippen LogP contribution in [-0.4, -0.2) is 50.1 Å². The third kappa shape index (κ3) is 4.72. The lowest BCUT2D eigenvalue weighted by atomic mass is 10.1. The number of anilines is 2. The summed E-state index contributed by atoms with van der Waals surface area (Å²) in [5.74, 6) is 0.513. The van der Waals surface area contributed by atoms with Gasteiger partial charge in [-0.3, -0.25) is 9.69 Å². The second kappa shape index (κ2) is 9.03. The minimum atomic E-state index is -0.258. The van der Waals surface area contributed by atoms with Crippen LogP contribution in [0.25, 0.3) is 0 Å². The number of aryl methyl sites for hydroxylation is 1. The molecule has 7 heteroatoms. The van der Waals surface area contributed by atoms with Crippen LogP contribution in [0, 0.1) is 6.92 Å². The fraction of sp³-hybridized carbons (Fsp3) is 0.381. The molecule has 1 atom stereocenters. The van der Waals surface area contributed by atoms with E-state index in [4.69, 9.17) is 27.9 Å². The molecule has 2 aromatic rings. The van der Waals surface area contributed by atoms with Crippen LogP contribution in [0.2, 0.25) is 10.0 Å². The zero-order chi connectivity index (χ0) is 20.3. The van der Waals surface area contributed by atoms with Crippen LogP contribution in [0.1, 0.15) is 12.5 Å². The topological polar surface area (TPSA) is 44.8 Å². The molecule has 0 aliphatic carbocycles. The highest BCUT2D eigenvalue weighted by atomic mass is 35.5. The lowest BCUT2D eigenvalue weighted by molar-refractivity contribution is -0.120. The second-order valence-corrected chi connectivity index (χ2v) is 7.84. The first-order chi connectivity index (χ1) is 13.4. The predicted molar refractivity (Wildman–Crippen MR) is 116 cm³/mol. The van der Waals surface area contributed by atoms with Crippen LogP contribution in [0.15, 0.2) is 36.4 Å². The van der Waals surface area contributed by atoms with Gasteiger partial charge in [-0.25, -0.2) is 0 Å². The van der Waals surface area contributed by atoms with Crippen LogP contribution < -0.4 is 15.0 Å². The Morgan fingerprint density at radius 3 is 2.39 bits per heavy atom. The first-order valence-corrected chi connectivity index (χ1v) is 10.0. The van der Waals surface area contributed by atoms with Crippen molar-refractivity contribution in [3.63, 3.8) is 0 Å². The fourth-order valence-electron chi connectivity index (χ4n) is 3.45. The van der Waals surface area contributed by atoms with Crippen LogP contribution in [-0.2, 0) is 4.79 Å². The standard InChI is InChI=1S/C21H25Cl2N3O2/c1-14-4-5-17(23)13-19(14)26-10-8-25(9-11-26)15(2)21(27)24-18-12-16(22)6-7-20(18)28-3/h4-7,12-13,15H,8-11H2,1-3H3,(H,24,27)/t15-/m1/s1. The molecule has 2 aromatic carbocycles. The molecule has 0 spiro atoms. The smallest absolute Gasteiger partial charge is 0.241 e. The van der Waals surface area contributed by atoms with Crippen molar-refractivity contribution < 1.29 is 9.53 Å². The first-order valence-electron chi connectivity index (χ1n) is 9.28. The summed E-state index contributed by atoms with van der Waals surface area (Å²) in [5.41, 5.74) is 2.95. The number of amides is 1. The molecule has 150 valence electrons. The molecule has 1 heterocycles. The van der Waals surface area contributed by atoms with Crippen LogP contribution >= 0.6 is 23.2 Å². The number of carbonyl (C=O) groups excluding carboxylic acids is 1. The molecule has 1 saturated heterocycles. The molecule has 0 saturated carbocycles. The van der Waals surface area contributed by atoms with E-state index in [1.165, 1.54) is 5.56 Å². The summed E-state index contributed by atoms with van der Waals surface area (Å²) in [6.07, 6.45) is 0. The van der Waals surface area contributed by atoms with E-state index in [-0.39, 0.29) is 11.9 Å². The van der Waals surface area contributed by atoms with E-state index in [1.54, 1.807) is 25.3 Å². The normalized spacial score (nSPS) is 16.0. The van der Waals surface area contributed by atoms with Gasteiger partial charge in [0.2, 0.25) is 5.91 Å². The highest BCUT2D eigenvalue weighted by molar-refractivity contribution is 6.31. The summed E-state index contributed by atoms with van der Waals surface area (Å²) in [6, 6.07) is 10.9. The molecule has 0 aromatic heterocycles. The number of nitrogens with zero attached hydrogens (tertiary/aromatic N) is 2. The Morgan fingerprint density at radius 2 is 1.71 bits per heavy atom. The summed E-state index contributed by atoms with van der Waals surface area (Å²) in [7, 11) is 1.57. The molecular formula is C21H25Cl2N3O2. The van der Waals surface area contributed by atoms with Crippen LogP contribution in [0.4, 0.5) is 11.4 Å². The molecular weight excluding hydrogens is 397 g/mol. The van der Waals surface area contributed by atoms with Gasteiger partial charge in [-0.05, 0) is 49.7 Å². The predicted octanol–water partition coefficient (Wildman–Crippen LogP) is 4.46. The molecule has 0 radical (unpaired) electrons. The Kier molecular flexibility index (Phi) is 6.70. The van der Waals surface area contributed by atoms with Crippen molar-refractivity contribution in [2.75, 3.05) is 43.5 Å². The molecule has 28 heavy (non-hydrogen) atoms. The number of ether oxygens (including phenoxy) is 1. The van der Waals surface area contributed by atoms with E-state index in [1.807, 2.05) is 25.1 Å². The van der Waals surface area contributed by atoms with Gasteiger partial charge in [0.1, 0.15) is 5.75 Å². The molecule has 1 amide bonds. The average molecular weight is 422 g/mol.